The highest BCUT2D eigenvalue weighted by Crippen LogP contribution is 2.16. The molecule has 0 aliphatic carbocycles. The quantitative estimate of drug-likeness (QED) is 0.599. The molecule has 1 rings (SSSR count). The first-order valence-electron chi connectivity index (χ1n) is 2.94. The predicted molar refractivity (Wildman–Crippen MR) is 38.0 cm³/mol. The summed E-state index contributed by atoms with van der Waals surface area (Å²) in [7, 11) is 0. The Balaban J connectivity index is 2.80. The summed E-state index contributed by atoms with van der Waals surface area (Å²) in [6.07, 6.45) is 1.72. The first-order chi connectivity index (χ1) is 5.20. The number of hydrogen-bond acceptors (Lipinski definition) is 1. The highest BCUT2D eigenvalue weighted by atomic mass is 19.3. The van der Waals surface area contributed by atoms with Gasteiger partial charge in [0.15, 0.2) is 0 Å². The minimum absolute atomic E-state index is 0.249. The van der Waals surface area contributed by atoms with Gasteiger partial charge in [-0.2, -0.15) is 8.78 Å². The van der Waals surface area contributed by atoms with Crippen molar-refractivity contribution in [3.8, 4) is 0 Å². The molecule has 1 aromatic rings. The highest BCUT2D eigenvalue weighted by molar-refractivity contribution is 5.71. The third-order valence-corrected chi connectivity index (χ3v) is 1.18. The van der Waals surface area contributed by atoms with E-state index in [4.69, 9.17) is 0 Å². The lowest BCUT2D eigenvalue weighted by atomic mass is 10.2. The fraction of sp³-hybridized carbons (Fsp3) is 0. The van der Waals surface area contributed by atoms with E-state index in [1.54, 1.807) is 6.07 Å². The van der Waals surface area contributed by atoms with Gasteiger partial charge in [-0.05, 0) is 11.6 Å². The van der Waals surface area contributed by atoms with Gasteiger partial charge in [-0.25, -0.2) is 0 Å². The van der Waals surface area contributed by atoms with E-state index >= 15 is 0 Å². The van der Waals surface area contributed by atoms with Gasteiger partial charge in [0.1, 0.15) is 0 Å². The van der Waals surface area contributed by atoms with Gasteiger partial charge in [0, 0.05) is 11.6 Å². The Morgan fingerprint density at radius 3 is 2.73 bits per heavy atom. The zero-order valence-corrected chi connectivity index (χ0v) is 5.68. The van der Waals surface area contributed by atoms with Gasteiger partial charge in [-0.3, -0.25) is 0 Å². The number of hydrogen-bond donors (Lipinski definition) is 0. The van der Waals surface area contributed by atoms with Crippen molar-refractivity contribution in [3.05, 3.63) is 42.9 Å². The van der Waals surface area contributed by atoms with Crippen LogP contribution in [0.4, 0.5) is 8.78 Å². The van der Waals surface area contributed by atoms with Gasteiger partial charge >= 0.3 is 0 Å². The fourth-order valence-electron chi connectivity index (χ4n) is 0.662. The molecule has 0 aromatic carbocycles. The molecular formula is C8H6F2O. The molecule has 0 aliphatic rings. The van der Waals surface area contributed by atoms with Crippen LogP contribution in [0.1, 0.15) is 5.56 Å². The van der Waals surface area contributed by atoms with E-state index in [9.17, 15) is 8.78 Å². The van der Waals surface area contributed by atoms with Crippen LogP contribution < -0.4 is 0 Å². The van der Waals surface area contributed by atoms with E-state index in [0.29, 0.717) is 11.6 Å². The van der Waals surface area contributed by atoms with Gasteiger partial charge in [0.2, 0.25) is 0 Å². The lowest BCUT2D eigenvalue weighted by Gasteiger charge is -1.90. The first kappa shape index (κ1) is 7.72. The summed E-state index contributed by atoms with van der Waals surface area (Å²) in [6, 6.07) is 1.57. The summed E-state index contributed by atoms with van der Waals surface area (Å²) in [5.74, 6) is 0. The van der Waals surface area contributed by atoms with E-state index in [1.807, 2.05) is 0 Å². The largest absolute Gasteiger partial charge is 0.472 e. The summed E-state index contributed by atoms with van der Waals surface area (Å²) < 4.78 is 28.0. The molecule has 0 spiro atoms. The third kappa shape index (κ3) is 2.04. The molecule has 1 nitrogen and oxygen atoms in total. The molecule has 58 valence electrons. The SMILES string of the molecule is C=C(C=C(F)F)c1ccoc1. The van der Waals surface area contributed by atoms with Gasteiger partial charge < -0.3 is 4.42 Å². The molecule has 1 aromatic heterocycles. The van der Waals surface area contributed by atoms with E-state index < -0.39 is 6.08 Å². The van der Waals surface area contributed by atoms with E-state index in [2.05, 4.69) is 11.0 Å². The van der Waals surface area contributed by atoms with Crippen LogP contribution >= 0.6 is 0 Å². The van der Waals surface area contributed by atoms with Crippen LogP contribution in [0.25, 0.3) is 5.57 Å². The van der Waals surface area contributed by atoms with Crippen LogP contribution in [0.2, 0.25) is 0 Å². The molecule has 0 atom stereocenters. The zero-order chi connectivity index (χ0) is 8.27. The van der Waals surface area contributed by atoms with Crippen LogP contribution in [-0.4, -0.2) is 0 Å². The molecule has 0 fully saturated rings. The molecule has 0 saturated heterocycles. The summed E-state index contributed by atoms with van der Waals surface area (Å²) in [5, 5.41) is 0. The molecule has 0 bridgehead atoms. The van der Waals surface area contributed by atoms with Crippen molar-refractivity contribution in [2.24, 2.45) is 0 Å². The second kappa shape index (κ2) is 3.14. The minimum Gasteiger partial charge on any atom is -0.472 e. The molecule has 0 N–H and O–H groups in total. The van der Waals surface area contributed by atoms with Crippen molar-refractivity contribution >= 4 is 5.57 Å². The van der Waals surface area contributed by atoms with Crippen molar-refractivity contribution in [1.29, 1.82) is 0 Å². The Labute approximate surface area is 62.6 Å². The molecular weight excluding hydrogens is 150 g/mol. The fourth-order valence-corrected chi connectivity index (χ4v) is 0.662. The molecule has 0 saturated carbocycles. The molecule has 1 heterocycles. The molecule has 0 amide bonds. The minimum atomic E-state index is -1.75. The summed E-state index contributed by atoms with van der Waals surface area (Å²) in [5.41, 5.74) is 0.816. The Hall–Kier alpha value is -1.38. The maximum Gasteiger partial charge on any atom is 0.270 e. The van der Waals surface area contributed by atoms with Crippen LogP contribution in [0.3, 0.4) is 0 Å². The van der Waals surface area contributed by atoms with Crippen molar-refractivity contribution in [2.45, 2.75) is 0 Å². The van der Waals surface area contributed by atoms with E-state index in [1.165, 1.54) is 12.5 Å². The first-order valence-corrected chi connectivity index (χ1v) is 2.94. The average molecular weight is 156 g/mol. The highest BCUT2D eigenvalue weighted by Gasteiger charge is 1.98. The van der Waals surface area contributed by atoms with Crippen LogP contribution in [0, 0.1) is 0 Å². The van der Waals surface area contributed by atoms with Crippen molar-refractivity contribution in [2.75, 3.05) is 0 Å². The monoisotopic (exact) mass is 156 g/mol. The number of allylic oxidation sites excluding steroid dienone is 2. The lowest BCUT2D eigenvalue weighted by molar-refractivity contribution is 0.422. The number of furan rings is 1. The lowest BCUT2D eigenvalue weighted by Crippen LogP contribution is -1.72. The topological polar surface area (TPSA) is 13.1 Å². The van der Waals surface area contributed by atoms with Gasteiger partial charge in [0.25, 0.3) is 6.08 Å². The Kier molecular flexibility index (Phi) is 2.21. The average Bonchev–Trinajstić information content (AvgIpc) is 2.35. The maximum absolute atomic E-state index is 11.6. The molecule has 0 aliphatic heterocycles. The second-order valence-corrected chi connectivity index (χ2v) is 1.97. The smallest absolute Gasteiger partial charge is 0.270 e. The standard InChI is InChI=1S/C8H6F2O/c1-6(4-8(9)10)7-2-3-11-5-7/h2-5H,1H2. The van der Waals surface area contributed by atoms with E-state index in [-0.39, 0.29) is 5.57 Å². The number of rotatable bonds is 2. The second-order valence-electron chi connectivity index (χ2n) is 1.97. The van der Waals surface area contributed by atoms with Crippen LogP contribution in [0.15, 0.2) is 41.7 Å². The van der Waals surface area contributed by atoms with Gasteiger partial charge in [-0.1, -0.05) is 6.58 Å². The molecule has 3 heteroatoms. The third-order valence-electron chi connectivity index (χ3n) is 1.18. The summed E-state index contributed by atoms with van der Waals surface area (Å²) in [6.45, 7) is 3.42. The molecule has 0 radical (unpaired) electrons. The van der Waals surface area contributed by atoms with Crippen LogP contribution in [0.5, 0.6) is 0 Å². The van der Waals surface area contributed by atoms with Crippen molar-refractivity contribution < 1.29 is 13.2 Å². The molecule has 11 heavy (non-hydrogen) atoms. The summed E-state index contributed by atoms with van der Waals surface area (Å²) in [4.78, 5) is 0. The Bertz CT molecular complexity index is 268. The Morgan fingerprint density at radius 1 is 1.55 bits per heavy atom. The van der Waals surface area contributed by atoms with Crippen molar-refractivity contribution in [1.82, 2.24) is 0 Å². The molecule has 0 unspecified atom stereocenters. The Morgan fingerprint density at radius 2 is 2.27 bits per heavy atom. The van der Waals surface area contributed by atoms with E-state index in [0.717, 1.165) is 0 Å². The maximum atomic E-state index is 11.6. The van der Waals surface area contributed by atoms with Crippen molar-refractivity contribution in [3.63, 3.8) is 0 Å². The zero-order valence-electron chi connectivity index (χ0n) is 5.68. The van der Waals surface area contributed by atoms with Gasteiger partial charge in [0.05, 0.1) is 12.5 Å². The summed E-state index contributed by atoms with van der Waals surface area (Å²) >= 11 is 0. The van der Waals surface area contributed by atoms with Gasteiger partial charge in [-0.15, -0.1) is 0 Å². The van der Waals surface area contributed by atoms with Crippen LogP contribution in [-0.2, 0) is 0 Å². The number of halogens is 2. The predicted octanol–water partition coefficient (Wildman–Crippen LogP) is 3.07. The normalized spacial score (nSPS) is 9.27.